The molecule has 1 heterocycles. The number of halogens is 1. The maximum atomic E-state index is 11.9. The minimum absolute atomic E-state index is 0.0172. The van der Waals surface area contributed by atoms with Gasteiger partial charge in [-0.15, -0.1) is 22.9 Å². The van der Waals surface area contributed by atoms with Gasteiger partial charge in [0.25, 0.3) is 5.91 Å². The predicted molar refractivity (Wildman–Crippen MR) is 63.1 cm³/mol. The van der Waals surface area contributed by atoms with E-state index in [4.69, 9.17) is 16.3 Å². The van der Waals surface area contributed by atoms with E-state index in [1.807, 2.05) is 12.3 Å². The zero-order chi connectivity index (χ0) is 11.4. The highest BCUT2D eigenvalue weighted by molar-refractivity contribution is 7.12. The van der Waals surface area contributed by atoms with E-state index in [1.165, 1.54) is 11.3 Å². The average molecular weight is 248 g/mol. The van der Waals surface area contributed by atoms with Crippen molar-refractivity contribution in [3.63, 3.8) is 0 Å². The van der Waals surface area contributed by atoms with Gasteiger partial charge in [0.05, 0.1) is 12.0 Å². The van der Waals surface area contributed by atoms with Crippen LogP contribution >= 0.6 is 22.9 Å². The third-order valence-corrected chi connectivity index (χ3v) is 3.57. The van der Waals surface area contributed by atoms with Gasteiger partial charge in [0, 0.05) is 30.4 Å². The molecule has 1 aromatic rings. The van der Waals surface area contributed by atoms with E-state index in [0.29, 0.717) is 10.8 Å². The van der Waals surface area contributed by atoms with Crippen molar-refractivity contribution in [2.75, 3.05) is 20.0 Å². The number of methoxy groups -OCH3 is 1. The van der Waals surface area contributed by atoms with Gasteiger partial charge >= 0.3 is 0 Å². The van der Waals surface area contributed by atoms with Crippen molar-refractivity contribution >= 4 is 28.8 Å². The highest BCUT2D eigenvalue weighted by Crippen LogP contribution is 2.22. The molecule has 0 N–H and O–H groups in total. The molecule has 1 atom stereocenters. The molecular weight excluding hydrogens is 234 g/mol. The molecule has 0 radical (unpaired) electrons. The Morgan fingerprint density at radius 2 is 2.40 bits per heavy atom. The molecule has 0 saturated carbocycles. The Bertz CT molecular complexity index is 340. The summed E-state index contributed by atoms with van der Waals surface area (Å²) >= 11 is 7.07. The normalized spacial score (nSPS) is 12.3. The summed E-state index contributed by atoms with van der Waals surface area (Å²) in [5, 5.41) is 1.81. The van der Waals surface area contributed by atoms with Gasteiger partial charge in [0.15, 0.2) is 0 Å². The fraction of sp³-hybridized carbons (Fsp3) is 0.500. The third-order valence-electron chi connectivity index (χ3n) is 2.23. The van der Waals surface area contributed by atoms with E-state index < -0.39 is 0 Å². The van der Waals surface area contributed by atoms with Crippen LogP contribution in [-0.4, -0.2) is 36.9 Å². The van der Waals surface area contributed by atoms with Gasteiger partial charge in [-0.1, -0.05) is 0 Å². The standard InChI is InChI=1S/C10H14ClNO2S/c1-7(5-11)12(2)10(13)9-4-8(14-3)6-15-9/h4,6-7H,5H2,1-3H3. The molecule has 84 valence electrons. The molecule has 0 aromatic carbocycles. The van der Waals surface area contributed by atoms with Crippen LogP contribution in [0.5, 0.6) is 5.75 Å². The highest BCUT2D eigenvalue weighted by Gasteiger charge is 2.18. The number of ether oxygens (including phenoxy) is 1. The molecule has 0 aliphatic carbocycles. The third kappa shape index (κ3) is 2.86. The summed E-state index contributed by atoms with van der Waals surface area (Å²) in [5.74, 6) is 1.14. The van der Waals surface area contributed by atoms with Crippen LogP contribution in [0.2, 0.25) is 0 Å². The molecule has 0 aliphatic heterocycles. The minimum atomic E-state index is -0.0172. The van der Waals surface area contributed by atoms with Gasteiger partial charge in [-0.2, -0.15) is 0 Å². The fourth-order valence-electron chi connectivity index (χ4n) is 1.02. The lowest BCUT2D eigenvalue weighted by Gasteiger charge is -2.22. The van der Waals surface area contributed by atoms with Crippen molar-refractivity contribution in [1.82, 2.24) is 4.90 Å². The van der Waals surface area contributed by atoms with Crippen molar-refractivity contribution in [3.8, 4) is 5.75 Å². The molecule has 0 bridgehead atoms. The number of alkyl halides is 1. The van der Waals surface area contributed by atoms with E-state index in [2.05, 4.69) is 0 Å². The van der Waals surface area contributed by atoms with Crippen LogP contribution in [0.4, 0.5) is 0 Å². The number of carbonyl (C=O) groups is 1. The molecule has 15 heavy (non-hydrogen) atoms. The van der Waals surface area contributed by atoms with Gasteiger partial charge in [0.1, 0.15) is 5.75 Å². The number of hydrogen-bond acceptors (Lipinski definition) is 3. The zero-order valence-electron chi connectivity index (χ0n) is 8.99. The van der Waals surface area contributed by atoms with Gasteiger partial charge in [-0.25, -0.2) is 0 Å². The lowest BCUT2D eigenvalue weighted by Crippen LogP contribution is -2.35. The fourth-order valence-corrected chi connectivity index (χ4v) is 2.06. The summed E-state index contributed by atoms with van der Waals surface area (Å²) in [5.41, 5.74) is 0. The van der Waals surface area contributed by atoms with Gasteiger partial charge < -0.3 is 9.64 Å². The van der Waals surface area contributed by atoms with E-state index in [0.717, 1.165) is 5.75 Å². The minimum Gasteiger partial charge on any atom is -0.496 e. The van der Waals surface area contributed by atoms with Gasteiger partial charge in [-0.05, 0) is 6.92 Å². The number of amides is 1. The highest BCUT2D eigenvalue weighted by atomic mass is 35.5. The average Bonchev–Trinajstić information content (AvgIpc) is 2.74. The largest absolute Gasteiger partial charge is 0.496 e. The van der Waals surface area contributed by atoms with Crippen LogP contribution in [0.25, 0.3) is 0 Å². The Kier molecular flexibility index (Phi) is 4.42. The van der Waals surface area contributed by atoms with Crippen LogP contribution in [0.1, 0.15) is 16.6 Å². The van der Waals surface area contributed by atoms with Crippen LogP contribution in [0.3, 0.4) is 0 Å². The number of hydrogen-bond donors (Lipinski definition) is 0. The number of nitrogens with zero attached hydrogens (tertiary/aromatic N) is 1. The summed E-state index contributed by atoms with van der Waals surface area (Å²) < 4.78 is 5.03. The molecule has 1 amide bonds. The molecule has 3 nitrogen and oxygen atoms in total. The summed E-state index contributed by atoms with van der Waals surface area (Å²) in [6, 6.07) is 1.78. The molecular formula is C10H14ClNO2S. The Morgan fingerprint density at radius 3 is 2.87 bits per heavy atom. The first-order chi connectivity index (χ1) is 7.10. The molecule has 1 aromatic heterocycles. The lowest BCUT2D eigenvalue weighted by atomic mass is 10.3. The second-order valence-corrected chi connectivity index (χ2v) is 4.49. The second kappa shape index (κ2) is 5.37. The van der Waals surface area contributed by atoms with Crippen molar-refractivity contribution in [3.05, 3.63) is 16.3 Å². The van der Waals surface area contributed by atoms with Crippen molar-refractivity contribution < 1.29 is 9.53 Å². The SMILES string of the molecule is COc1csc(C(=O)N(C)C(C)CCl)c1. The predicted octanol–water partition coefficient (Wildman–Crippen LogP) is 2.46. The number of carbonyl (C=O) groups excluding carboxylic acids is 1. The molecule has 0 fully saturated rings. The van der Waals surface area contributed by atoms with Crippen molar-refractivity contribution in [2.45, 2.75) is 13.0 Å². The number of rotatable bonds is 4. The van der Waals surface area contributed by atoms with Crippen LogP contribution < -0.4 is 4.74 Å². The Morgan fingerprint density at radius 1 is 1.73 bits per heavy atom. The molecule has 0 aliphatic rings. The monoisotopic (exact) mass is 247 g/mol. The topological polar surface area (TPSA) is 29.5 Å². The second-order valence-electron chi connectivity index (χ2n) is 3.27. The first-order valence-corrected chi connectivity index (χ1v) is 5.97. The lowest BCUT2D eigenvalue weighted by molar-refractivity contribution is 0.0761. The van der Waals surface area contributed by atoms with Crippen molar-refractivity contribution in [1.29, 1.82) is 0 Å². The van der Waals surface area contributed by atoms with Gasteiger partial charge in [-0.3, -0.25) is 4.79 Å². The van der Waals surface area contributed by atoms with E-state index in [1.54, 1.807) is 25.1 Å². The summed E-state index contributed by atoms with van der Waals surface area (Å²) in [6.07, 6.45) is 0. The van der Waals surface area contributed by atoms with E-state index in [9.17, 15) is 4.79 Å². The van der Waals surface area contributed by atoms with Crippen LogP contribution in [0, 0.1) is 0 Å². The maximum Gasteiger partial charge on any atom is 0.264 e. The quantitative estimate of drug-likeness (QED) is 0.765. The zero-order valence-corrected chi connectivity index (χ0v) is 10.6. The first-order valence-electron chi connectivity index (χ1n) is 4.55. The van der Waals surface area contributed by atoms with Crippen molar-refractivity contribution in [2.24, 2.45) is 0 Å². The van der Waals surface area contributed by atoms with Gasteiger partial charge in [0.2, 0.25) is 0 Å². The first kappa shape index (κ1) is 12.3. The molecule has 5 heteroatoms. The molecule has 0 saturated heterocycles. The summed E-state index contributed by atoms with van der Waals surface area (Å²) in [7, 11) is 3.34. The number of thiophene rings is 1. The summed E-state index contributed by atoms with van der Waals surface area (Å²) in [6.45, 7) is 1.91. The smallest absolute Gasteiger partial charge is 0.264 e. The van der Waals surface area contributed by atoms with E-state index >= 15 is 0 Å². The maximum absolute atomic E-state index is 11.9. The Labute approximate surface area is 98.6 Å². The molecule has 0 spiro atoms. The van der Waals surface area contributed by atoms with Crippen LogP contribution in [0.15, 0.2) is 11.4 Å². The van der Waals surface area contributed by atoms with E-state index in [-0.39, 0.29) is 11.9 Å². The molecule has 1 rings (SSSR count). The Balaban J connectivity index is 2.75. The van der Waals surface area contributed by atoms with Crippen LogP contribution in [-0.2, 0) is 0 Å². The Hall–Kier alpha value is -0.740. The summed E-state index contributed by atoms with van der Waals surface area (Å²) in [4.78, 5) is 14.2. The molecule has 1 unspecified atom stereocenters.